The van der Waals surface area contributed by atoms with Gasteiger partial charge in [0.1, 0.15) is 0 Å². The number of hydrogen-bond donors (Lipinski definition) is 1. The van der Waals surface area contributed by atoms with Crippen LogP contribution < -0.4 is 5.73 Å². The van der Waals surface area contributed by atoms with Crippen LogP contribution in [0.15, 0.2) is 24.4 Å². The van der Waals surface area contributed by atoms with Crippen LogP contribution in [-0.4, -0.2) is 34.9 Å². The van der Waals surface area contributed by atoms with E-state index >= 15 is 0 Å². The Morgan fingerprint density at radius 2 is 2.24 bits per heavy atom. The van der Waals surface area contributed by atoms with Crippen molar-refractivity contribution in [1.82, 2.24) is 9.88 Å². The molecule has 0 unspecified atom stereocenters. The van der Waals surface area contributed by atoms with Gasteiger partial charge in [0.05, 0.1) is 0 Å². The lowest BCUT2D eigenvalue weighted by molar-refractivity contribution is -0.132. The zero-order chi connectivity index (χ0) is 15.1. The van der Waals surface area contributed by atoms with Crippen LogP contribution in [0.2, 0.25) is 0 Å². The summed E-state index contributed by atoms with van der Waals surface area (Å²) in [5, 5.41) is 0. The SMILES string of the molecule is CCCN(CCc1ccccn1)C(=O)C[C@@H]1CCC[C@H]1N. The number of amides is 1. The summed E-state index contributed by atoms with van der Waals surface area (Å²) in [6.45, 7) is 3.70. The molecule has 1 fully saturated rings. The van der Waals surface area contributed by atoms with E-state index in [-0.39, 0.29) is 11.9 Å². The van der Waals surface area contributed by atoms with Crippen LogP contribution >= 0.6 is 0 Å². The molecule has 1 aliphatic carbocycles. The van der Waals surface area contributed by atoms with Crippen molar-refractivity contribution in [1.29, 1.82) is 0 Å². The van der Waals surface area contributed by atoms with Crippen LogP contribution in [0.4, 0.5) is 0 Å². The molecule has 21 heavy (non-hydrogen) atoms. The lowest BCUT2D eigenvalue weighted by Gasteiger charge is -2.24. The van der Waals surface area contributed by atoms with Gasteiger partial charge in [-0.15, -0.1) is 0 Å². The van der Waals surface area contributed by atoms with E-state index in [9.17, 15) is 4.79 Å². The molecule has 4 nitrogen and oxygen atoms in total. The summed E-state index contributed by atoms with van der Waals surface area (Å²) in [6.07, 6.45) is 7.57. The van der Waals surface area contributed by atoms with E-state index in [1.807, 2.05) is 23.1 Å². The average Bonchev–Trinajstić information content (AvgIpc) is 2.89. The molecule has 0 aliphatic heterocycles. The minimum absolute atomic E-state index is 0.216. The highest BCUT2D eigenvalue weighted by atomic mass is 16.2. The Bertz CT molecular complexity index is 435. The maximum Gasteiger partial charge on any atom is 0.222 e. The van der Waals surface area contributed by atoms with Crippen LogP contribution in [0.5, 0.6) is 0 Å². The minimum Gasteiger partial charge on any atom is -0.342 e. The van der Waals surface area contributed by atoms with E-state index in [0.29, 0.717) is 12.3 Å². The van der Waals surface area contributed by atoms with Gasteiger partial charge < -0.3 is 10.6 Å². The molecule has 0 saturated heterocycles. The Balaban J connectivity index is 1.86. The molecule has 2 atom stereocenters. The van der Waals surface area contributed by atoms with Gasteiger partial charge in [0.2, 0.25) is 5.91 Å². The van der Waals surface area contributed by atoms with Crippen molar-refractivity contribution in [2.75, 3.05) is 13.1 Å². The smallest absolute Gasteiger partial charge is 0.222 e. The van der Waals surface area contributed by atoms with Gasteiger partial charge in [-0.2, -0.15) is 0 Å². The van der Waals surface area contributed by atoms with Crippen LogP contribution in [-0.2, 0) is 11.2 Å². The van der Waals surface area contributed by atoms with Gasteiger partial charge in [0, 0.05) is 43.9 Å². The first kappa shape index (κ1) is 16.0. The van der Waals surface area contributed by atoms with Crippen molar-refractivity contribution < 1.29 is 4.79 Å². The van der Waals surface area contributed by atoms with Crippen molar-refractivity contribution in [2.24, 2.45) is 11.7 Å². The summed E-state index contributed by atoms with van der Waals surface area (Å²) in [4.78, 5) is 18.8. The van der Waals surface area contributed by atoms with Gasteiger partial charge >= 0.3 is 0 Å². The highest BCUT2D eigenvalue weighted by molar-refractivity contribution is 5.76. The number of aromatic nitrogens is 1. The molecule has 4 heteroatoms. The zero-order valence-electron chi connectivity index (χ0n) is 13.0. The molecule has 1 aromatic heterocycles. The van der Waals surface area contributed by atoms with Gasteiger partial charge in [-0.25, -0.2) is 0 Å². The summed E-state index contributed by atoms with van der Waals surface area (Å²) in [5.74, 6) is 0.641. The van der Waals surface area contributed by atoms with Crippen LogP contribution in [0.1, 0.15) is 44.7 Å². The van der Waals surface area contributed by atoms with E-state index < -0.39 is 0 Å². The number of carbonyl (C=O) groups is 1. The second-order valence-electron chi connectivity index (χ2n) is 6.01. The van der Waals surface area contributed by atoms with Crippen molar-refractivity contribution in [2.45, 2.75) is 51.5 Å². The second-order valence-corrected chi connectivity index (χ2v) is 6.01. The molecule has 0 aromatic carbocycles. The van der Waals surface area contributed by atoms with E-state index in [1.165, 1.54) is 6.42 Å². The number of nitrogens with two attached hydrogens (primary N) is 1. The van der Waals surface area contributed by atoms with Gasteiger partial charge in [0.15, 0.2) is 0 Å². The second kappa shape index (κ2) is 8.13. The monoisotopic (exact) mass is 289 g/mol. The third-order valence-electron chi connectivity index (χ3n) is 4.36. The van der Waals surface area contributed by atoms with E-state index in [0.717, 1.165) is 44.5 Å². The Morgan fingerprint density at radius 1 is 1.38 bits per heavy atom. The van der Waals surface area contributed by atoms with Crippen molar-refractivity contribution >= 4 is 5.91 Å². The highest BCUT2D eigenvalue weighted by Crippen LogP contribution is 2.27. The molecule has 1 aromatic rings. The molecule has 0 spiro atoms. The fraction of sp³-hybridized carbons (Fsp3) is 0.647. The number of hydrogen-bond acceptors (Lipinski definition) is 3. The molecule has 1 heterocycles. The summed E-state index contributed by atoms with van der Waals surface area (Å²) < 4.78 is 0. The molecule has 2 rings (SSSR count). The zero-order valence-corrected chi connectivity index (χ0v) is 13.0. The molecular weight excluding hydrogens is 262 g/mol. The predicted molar refractivity (Wildman–Crippen MR) is 84.7 cm³/mol. The standard InChI is InChI=1S/C17H27N3O/c1-2-11-20(12-9-15-7-3-4-10-19-15)17(21)13-14-6-5-8-16(14)18/h3-4,7,10,14,16H,2,5-6,8-9,11-13,18H2,1H3/t14-,16+/m0/s1. The molecule has 2 N–H and O–H groups in total. The lowest BCUT2D eigenvalue weighted by Crippen LogP contribution is -2.37. The molecular formula is C17H27N3O. The Morgan fingerprint density at radius 3 is 2.86 bits per heavy atom. The molecule has 1 aliphatic rings. The summed E-state index contributed by atoms with van der Waals surface area (Å²) in [5.41, 5.74) is 7.13. The molecule has 1 amide bonds. The topological polar surface area (TPSA) is 59.2 Å². The average molecular weight is 289 g/mol. The first-order valence-electron chi connectivity index (χ1n) is 8.14. The van der Waals surface area contributed by atoms with Gasteiger partial charge in [-0.05, 0) is 37.3 Å². The van der Waals surface area contributed by atoms with E-state index in [4.69, 9.17) is 5.73 Å². The molecule has 1 saturated carbocycles. The Kier molecular flexibility index (Phi) is 6.18. The van der Waals surface area contributed by atoms with Crippen LogP contribution in [0.3, 0.4) is 0 Å². The van der Waals surface area contributed by atoms with Crippen LogP contribution in [0, 0.1) is 5.92 Å². The Hall–Kier alpha value is -1.42. The lowest BCUT2D eigenvalue weighted by atomic mass is 9.99. The van der Waals surface area contributed by atoms with Gasteiger partial charge in [0.25, 0.3) is 0 Å². The van der Waals surface area contributed by atoms with Crippen molar-refractivity contribution in [3.05, 3.63) is 30.1 Å². The highest BCUT2D eigenvalue weighted by Gasteiger charge is 2.27. The third-order valence-corrected chi connectivity index (χ3v) is 4.36. The molecule has 0 radical (unpaired) electrons. The Labute approximate surface area is 127 Å². The number of rotatable bonds is 7. The van der Waals surface area contributed by atoms with Crippen molar-refractivity contribution in [3.8, 4) is 0 Å². The predicted octanol–water partition coefficient (Wildman–Crippen LogP) is 2.38. The molecule has 0 bridgehead atoms. The number of carbonyl (C=O) groups excluding carboxylic acids is 1. The third kappa shape index (κ3) is 4.81. The fourth-order valence-corrected chi connectivity index (χ4v) is 3.10. The van der Waals surface area contributed by atoms with E-state index in [1.54, 1.807) is 6.20 Å². The molecule has 116 valence electrons. The van der Waals surface area contributed by atoms with Gasteiger partial charge in [-0.1, -0.05) is 19.4 Å². The number of nitrogens with zero attached hydrogens (tertiary/aromatic N) is 2. The summed E-state index contributed by atoms with van der Waals surface area (Å²) in [6, 6.07) is 6.14. The van der Waals surface area contributed by atoms with Crippen LogP contribution in [0.25, 0.3) is 0 Å². The minimum atomic E-state index is 0.216. The summed E-state index contributed by atoms with van der Waals surface area (Å²) in [7, 11) is 0. The van der Waals surface area contributed by atoms with E-state index in [2.05, 4.69) is 11.9 Å². The first-order valence-corrected chi connectivity index (χ1v) is 8.14. The summed E-state index contributed by atoms with van der Waals surface area (Å²) >= 11 is 0. The fourth-order valence-electron chi connectivity index (χ4n) is 3.10. The largest absolute Gasteiger partial charge is 0.342 e. The maximum atomic E-state index is 12.5. The maximum absolute atomic E-state index is 12.5. The van der Waals surface area contributed by atoms with Gasteiger partial charge in [-0.3, -0.25) is 9.78 Å². The number of pyridine rings is 1. The quantitative estimate of drug-likeness (QED) is 0.838. The first-order chi connectivity index (χ1) is 10.2. The normalized spacial score (nSPS) is 21.4. The van der Waals surface area contributed by atoms with Crippen molar-refractivity contribution in [3.63, 3.8) is 0 Å².